The van der Waals surface area contributed by atoms with Gasteiger partial charge in [-0.25, -0.2) is 0 Å². The van der Waals surface area contributed by atoms with Crippen LogP contribution in [0.2, 0.25) is 0 Å². The van der Waals surface area contributed by atoms with Crippen LogP contribution in [-0.2, 0) is 15.0 Å². The van der Waals surface area contributed by atoms with Crippen LogP contribution in [0.25, 0.3) is 0 Å². The first-order chi connectivity index (χ1) is 10.6. The molecule has 3 aliphatic rings. The number of nitrogens with zero attached hydrogens (tertiary/aromatic N) is 1. The molecule has 4 rings (SSSR count). The third-order valence-electron chi connectivity index (χ3n) is 5.45. The van der Waals surface area contributed by atoms with Gasteiger partial charge in [-0.15, -0.1) is 0 Å². The van der Waals surface area contributed by atoms with Crippen molar-refractivity contribution in [3.8, 4) is 5.75 Å². The third kappa shape index (κ3) is 1.91. The first-order valence-corrected chi connectivity index (χ1v) is 7.86. The van der Waals surface area contributed by atoms with E-state index in [4.69, 9.17) is 9.84 Å². The summed E-state index contributed by atoms with van der Waals surface area (Å²) in [5, 5.41) is 9.08. The Morgan fingerprint density at radius 1 is 1.32 bits per heavy atom. The Balaban J connectivity index is 1.53. The van der Waals surface area contributed by atoms with Crippen LogP contribution in [-0.4, -0.2) is 41.6 Å². The number of benzene rings is 1. The van der Waals surface area contributed by atoms with E-state index in [1.807, 2.05) is 18.2 Å². The Labute approximate surface area is 128 Å². The van der Waals surface area contributed by atoms with E-state index in [-0.39, 0.29) is 17.2 Å². The summed E-state index contributed by atoms with van der Waals surface area (Å²) in [6, 6.07) is 7.97. The molecule has 1 aromatic carbocycles. The van der Waals surface area contributed by atoms with Crippen LogP contribution in [0.1, 0.15) is 24.8 Å². The maximum Gasteiger partial charge on any atom is 0.308 e. The average molecular weight is 301 g/mol. The number of carboxylic acid groups (broad SMARTS) is 1. The van der Waals surface area contributed by atoms with Crippen molar-refractivity contribution in [3.63, 3.8) is 0 Å². The molecule has 2 heterocycles. The van der Waals surface area contributed by atoms with Gasteiger partial charge in [-0.05, 0) is 25.3 Å². The number of hydrogen-bond acceptors (Lipinski definition) is 3. The zero-order valence-electron chi connectivity index (χ0n) is 12.3. The summed E-state index contributed by atoms with van der Waals surface area (Å²) in [6.45, 7) is 1.58. The molecule has 1 saturated heterocycles. The van der Waals surface area contributed by atoms with Crippen LogP contribution >= 0.6 is 0 Å². The molecule has 2 fully saturated rings. The maximum absolute atomic E-state index is 12.8. The zero-order chi connectivity index (χ0) is 15.3. The number of carbonyl (C=O) groups excluding carboxylic acids is 1. The van der Waals surface area contributed by atoms with Gasteiger partial charge >= 0.3 is 5.97 Å². The lowest BCUT2D eigenvalue weighted by molar-refractivity contribution is -0.141. The second-order valence-corrected chi connectivity index (χ2v) is 6.62. The Morgan fingerprint density at radius 3 is 2.91 bits per heavy atom. The largest absolute Gasteiger partial charge is 0.493 e. The molecule has 0 radical (unpaired) electrons. The molecular formula is C17H19NO4. The predicted molar refractivity (Wildman–Crippen MR) is 78.7 cm³/mol. The molecule has 1 saturated carbocycles. The van der Waals surface area contributed by atoms with Crippen molar-refractivity contribution < 1.29 is 19.4 Å². The number of rotatable bonds is 2. The fourth-order valence-electron chi connectivity index (χ4n) is 4.07. The van der Waals surface area contributed by atoms with Crippen LogP contribution < -0.4 is 4.74 Å². The van der Waals surface area contributed by atoms with E-state index in [1.165, 1.54) is 0 Å². The fourth-order valence-corrected chi connectivity index (χ4v) is 4.07. The lowest BCUT2D eigenvalue weighted by Crippen LogP contribution is -2.34. The van der Waals surface area contributed by atoms with E-state index >= 15 is 0 Å². The quantitative estimate of drug-likeness (QED) is 0.902. The SMILES string of the molecule is O=C(O)C1CCN(C(=O)C2CC23CCOc2ccccc23)C1. The van der Waals surface area contributed by atoms with E-state index in [2.05, 4.69) is 6.07 Å². The molecule has 0 aromatic heterocycles. The molecule has 1 spiro atoms. The molecule has 3 unspecified atom stereocenters. The van der Waals surface area contributed by atoms with E-state index < -0.39 is 11.9 Å². The van der Waals surface area contributed by atoms with Crippen LogP contribution in [0.3, 0.4) is 0 Å². The highest BCUT2D eigenvalue weighted by atomic mass is 16.5. The molecule has 1 N–H and O–H groups in total. The maximum atomic E-state index is 12.8. The zero-order valence-corrected chi connectivity index (χ0v) is 12.3. The number of hydrogen-bond donors (Lipinski definition) is 1. The minimum Gasteiger partial charge on any atom is -0.493 e. The molecule has 5 heteroatoms. The number of para-hydroxylation sites is 1. The van der Waals surface area contributed by atoms with Gasteiger partial charge in [0.05, 0.1) is 12.5 Å². The second kappa shape index (κ2) is 4.73. The van der Waals surface area contributed by atoms with Crippen molar-refractivity contribution in [3.05, 3.63) is 29.8 Å². The highest BCUT2D eigenvalue weighted by Gasteiger charge is 2.62. The summed E-state index contributed by atoms with van der Waals surface area (Å²) in [6.07, 6.45) is 2.30. The molecule has 2 aliphatic heterocycles. The first-order valence-electron chi connectivity index (χ1n) is 7.86. The molecule has 1 aliphatic carbocycles. The number of aliphatic carboxylic acids is 1. The predicted octanol–water partition coefficient (Wildman–Crippen LogP) is 1.66. The van der Waals surface area contributed by atoms with Gasteiger partial charge in [0.1, 0.15) is 5.75 Å². The Hall–Kier alpha value is -2.04. The van der Waals surface area contributed by atoms with Crippen molar-refractivity contribution in [1.82, 2.24) is 4.90 Å². The summed E-state index contributed by atoms with van der Waals surface area (Å²) >= 11 is 0. The van der Waals surface area contributed by atoms with Gasteiger partial charge < -0.3 is 14.7 Å². The molecule has 0 bridgehead atoms. The number of carbonyl (C=O) groups is 2. The van der Waals surface area contributed by atoms with Crippen LogP contribution in [0, 0.1) is 11.8 Å². The fraction of sp³-hybridized carbons (Fsp3) is 0.529. The third-order valence-corrected chi connectivity index (χ3v) is 5.45. The average Bonchev–Trinajstić information content (AvgIpc) is 3.01. The molecule has 22 heavy (non-hydrogen) atoms. The van der Waals surface area contributed by atoms with Crippen LogP contribution in [0.15, 0.2) is 24.3 Å². The summed E-state index contributed by atoms with van der Waals surface area (Å²) < 4.78 is 5.70. The van der Waals surface area contributed by atoms with Gasteiger partial charge in [-0.2, -0.15) is 0 Å². The Kier molecular flexibility index (Phi) is 2.93. The van der Waals surface area contributed by atoms with E-state index in [0.717, 1.165) is 24.2 Å². The van der Waals surface area contributed by atoms with Crippen molar-refractivity contribution in [2.24, 2.45) is 11.8 Å². The monoisotopic (exact) mass is 301 g/mol. The van der Waals surface area contributed by atoms with Gasteiger partial charge in [0.15, 0.2) is 0 Å². The molecule has 3 atom stereocenters. The lowest BCUT2D eigenvalue weighted by Gasteiger charge is -2.27. The first kappa shape index (κ1) is 13.6. The molecule has 1 aromatic rings. The van der Waals surface area contributed by atoms with E-state index in [1.54, 1.807) is 4.90 Å². The summed E-state index contributed by atoms with van der Waals surface area (Å²) in [4.78, 5) is 25.6. The minimum atomic E-state index is -0.794. The van der Waals surface area contributed by atoms with Crippen molar-refractivity contribution in [1.29, 1.82) is 0 Å². The topological polar surface area (TPSA) is 66.8 Å². The van der Waals surface area contributed by atoms with Crippen LogP contribution in [0.4, 0.5) is 0 Å². The highest BCUT2D eigenvalue weighted by molar-refractivity contribution is 5.86. The summed E-state index contributed by atoms with van der Waals surface area (Å²) in [7, 11) is 0. The van der Waals surface area contributed by atoms with Gasteiger partial charge in [0.2, 0.25) is 5.91 Å². The number of amides is 1. The Morgan fingerprint density at radius 2 is 2.14 bits per heavy atom. The molecular weight excluding hydrogens is 282 g/mol. The minimum absolute atomic E-state index is 0.00917. The summed E-state index contributed by atoms with van der Waals surface area (Å²) in [5.74, 6) is -0.183. The van der Waals surface area contributed by atoms with E-state index in [9.17, 15) is 9.59 Å². The molecule has 1 amide bonds. The second-order valence-electron chi connectivity index (χ2n) is 6.62. The number of ether oxygens (including phenoxy) is 1. The van der Waals surface area contributed by atoms with Gasteiger partial charge in [0, 0.05) is 30.0 Å². The normalized spacial score (nSPS) is 32.5. The van der Waals surface area contributed by atoms with Gasteiger partial charge in [-0.3, -0.25) is 9.59 Å². The van der Waals surface area contributed by atoms with Crippen molar-refractivity contribution in [2.45, 2.75) is 24.7 Å². The molecule has 116 valence electrons. The summed E-state index contributed by atoms with van der Waals surface area (Å²) in [5.41, 5.74) is 1.07. The van der Waals surface area contributed by atoms with Gasteiger partial charge in [-0.1, -0.05) is 18.2 Å². The number of carboxylic acids is 1. The number of likely N-dealkylation sites (tertiary alicyclic amines) is 1. The van der Waals surface area contributed by atoms with Crippen molar-refractivity contribution in [2.75, 3.05) is 19.7 Å². The smallest absolute Gasteiger partial charge is 0.308 e. The number of fused-ring (bicyclic) bond motifs is 2. The van der Waals surface area contributed by atoms with E-state index in [0.29, 0.717) is 26.1 Å². The Bertz CT molecular complexity index is 643. The van der Waals surface area contributed by atoms with Gasteiger partial charge in [0.25, 0.3) is 0 Å². The standard InChI is InChI=1S/C17H19NO4/c19-15(18-7-5-11(10-18)16(20)21)13-9-17(13)6-8-22-14-4-2-1-3-12(14)17/h1-4,11,13H,5-10H2,(H,20,21). The molecule has 5 nitrogen and oxygen atoms in total. The van der Waals surface area contributed by atoms with Crippen LogP contribution in [0.5, 0.6) is 5.75 Å². The highest BCUT2D eigenvalue weighted by Crippen LogP contribution is 2.61. The van der Waals surface area contributed by atoms with Crippen molar-refractivity contribution >= 4 is 11.9 Å². The lowest BCUT2D eigenvalue weighted by atomic mass is 9.87.